The van der Waals surface area contributed by atoms with Crippen molar-refractivity contribution >= 4 is 27.0 Å². The summed E-state index contributed by atoms with van der Waals surface area (Å²) in [6.07, 6.45) is 2.06. The van der Waals surface area contributed by atoms with E-state index in [0.717, 1.165) is 11.9 Å². The van der Waals surface area contributed by atoms with Gasteiger partial charge in [-0.3, -0.25) is 4.79 Å². The first-order chi connectivity index (χ1) is 13.8. The molecule has 3 rings (SSSR count). The highest BCUT2D eigenvalue weighted by atomic mass is 32.2. The van der Waals surface area contributed by atoms with Gasteiger partial charge in [-0.2, -0.15) is 4.31 Å². The lowest BCUT2D eigenvalue weighted by Crippen LogP contribution is -2.46. The molecule has 1 aliphatic rings. The predicted octanol–water partition coefficient (Wildman–Crippen LogP) is 1.39. The number of sulfonamides is 1. The highest BCUT2D eigenvalue weighted by molar-refractivity contribution is 7.89. The zero-order valence-electron chi connectivity index (χ0n) is 17.2. The summed E-state index contributed by atoms with van der Waals surface area (Å²) in [4.78, 5) is 12.7. The molecule has 9 nitrogen and oxygen atoms in total. The maximum absolute atomic E-state index is 13.2. The van der Waals surface area contributed by atoms with Crippen molar-refractivity contribution in [1.82, 2.24) is 24.6 Å². The number of hydrogen-bond donors (Lipinski definition) is 1. The molecule has 1 N–H and O–H groups in total. The van der Waals surface area contributed by atoms with Gasteiger partial charge in [0.15, 0.2) is 0 Å². The normalized spacial score (nSPS) is 18.0. The molecule has 1 fully saturated rings. The Morgan fingerprint density at radius 3 is 2.90 bits per heavy atom. The number of aromatic nitrogens is 3. The van der Waals surface area contributed by atoms with Crippen LogP contribution in [0.1, 0.15) is 33.1 Å². The Bertz CT molecular complexity index is 957. The molecule has 10 heteroatoms. The van der Waals surface area contributed by atoms with Gasteiger partial charge in [0.05, 0.1) is 23.6 Å². The van der Waals surface area contributed by atoms with Gasteiger partial charge in [0.25, 0.3) is 0 Å². The van der Waals surface area contributed by atoms with E-state index in [9.17, 15) is 13.2 Å². The quantitative estimate of drug-likeness (QED) is 0.653. The van der Waals surface area contributed by atoms with Gasteiger partial charge in [-0.25, -0.2) is 13.1 Å². The van der Waals surface area contributed by atoms with Gasteiger partial charge in [0, 0.05) is 20.2 Å². The van der Waals surface area contributed by atoms with Gasteiger partial charge >= 0.3 is 0 Å². The lowest BCUT2D eigenvalue weighted by Gasteiger charge is -2.23. The molecule has 0 bridgehead atoms. The molecule has 0 saturated carbocycles. The second-order valence-corrected chi connectivity index (χ2v) is 9.59. The van der Waals surface area contributed by atoms with Crippen LogP contribution in [0.4, 0.5) is 0 Å². The molecule has 1 unspecified atom stereocenters. The molecule has 1 amide bonds. The van der Waals surface area contributed by atoms with Gasteiger partial charge in [0.2, 0.25) is 15.9 Å². The number of methoxy groups -OCH3 is 1. The van der Waals surface area contributed by atoms with E-state index < -0.39 is 16.1 Å². The molecule has 29 heavy (non-hydrogen) atoms. The summed E-state index contributed by atoms with van der Waals surface area (Å²) >= 11 is 0. The number of ether oxygens (including phenoxy) is 1. The fourth-order valence-electron chi connectivity index (χ4n) is 3.48. The number of hydrogen-bond acceptors (Lipinski definition) is 6. The molecule has 2 aromatic rings. The highest BCUT2D eigenvalue weighted by Gasteiger charge is 2.39. The number of benzene rings is 1. The van der Waals surface area contributed by atoms with Crippen LogP contribution >= 0.6 is 0 Å². The van der Waals surface area contributed by atoms with Crippen LogP contribution in [0.3, 0.4) is 0 Å². The van der Waals surface area contributed by atoms with Crippen LogP contribution in [0.25, 0.3) is 11.0 Å². The number of carbonyl (C=O) groups excluding carboxylic acids is 1. The number of nitrogens with zero attached hydrogens (tertiary/aromatic N) is 4. The number of fused-ring (bicyclic) bond motifs is 1. The van der Waals surface area contributed by atoms with Crippen LogP contribution in [0.2, 0.25) is 0 Å². The first-order valence-corrected chi connectivity index (χ1v) is 11.4. The topological polar surface area (TPSA) is 106 Å². The minimum Gasteiger partial charge on any atom is -0.383 e. The lowest BCUT2D eigenvalue weighted by atomic mass is 10.1. The molecule has 1 aromatic carbocycles. The summed E-state index contributed by atoms with van der Waals surface area (Å²) in [5.74, 6) is 0.251. The molecule has 1 aliphatic heterocycles. The Morgan fingerprint density at radius 2 is 2.17 bits per heavy atom. The lowest BCUT2D eigenvalue weighted by molar-refractivity contribution is -0.124. The second kappa shape index (κ2) is 9.19. The fraction of sp³-hybridized carbons (Fsp3) is 0.632. The molecule has 0 aliphatic carbocycles. The minimum absolute atomic E-state index is 0.130. The van der Waals surface area contributed by atoms with Crippen molar-refractivity contribution in [3.05, 3.63) is 18.2 Å². The van der Waals surface area contributed by atoms with Gasteiger partial charge in [-0.05, 0) is 43.4 Å². The molecule has 0 radical (unpaired) electrons. The molecule has 1 aromatic heterocycles. The van der Waals surface area contributed by atoms with Crippen molar-refractivity contribution < 1.29 is 17.9 Å². The molecule has 1 atom stereocenters. The van der Waals surface area contributed by atoms with Crippen molar-refractivity contribution in [1.29, 1.82) is 0 Å². The SMILES string of the molecule is COCCn1nnc2cc(S(=O)(=O)N3CCCC3C(=O)NCCC(C)C)ccc21. The Morgan fingerprint density at radius 1 is 1.38 bits per heavy atom. The van der Waals surface area contributed by atoms with E-state index in [2.05, 4.69) is 29.5 Å². The molecule has 1 saturated heterocycles. The third-order valence-electron chi connectivity index (χ3n) is 5.13. The van der Waals surface area contributed by atoms with E-state index in [0.29, 0.717) is 50.5 Å². The van der Waals surface area contributed by atoms with Crippen molar-refractivity contribution in [2.45, 2.75) is 50.6 Å². The Hall–Kier alpha value is -2.04. The average Bonchev–Trinajstić information content (AvgIpc) is 3.33. The van der Waals surface area contributed by atoms with Crippen LogP contribution in [0.5, 0.6) is 0 Å². The van der Waals surface area contributed by atoms with Crippen LogP contribution in [0.15, 0.2) is 23.1 Å². The fourth-order valence-corrected chi connectivity index (χ4v) is 5.16. The van der Waals surface area contributed by atoms with E-state index in [1.54, 1.807) is 23.9 Å². The minimum atomic E-state index is -3.80. The van der Waals surface area contributed by atoms with Crippen molar-refractivity contribution in [2.24, 2.45) is 5.92 Å². The number of carbonyl (C=O) groups is 1. The zero-order valence-corrected chi connectivity index (χ0v) is 18.0. The van der Waals surface area contributed by atoms with Crippen LogP contribution in [-0.2, 0) is 26.1 Å². The summed E-state index contributed by atoms with van der Waals surface area (Å²) in [6.45, 7) is 6.07. The van der Waals surface area contributed by atoms with Crippen LogP contribution < -0.4 is 5.32 Å². The maximum atomic E-state index is 13.2. The summed E-state index contributed by atoms with van der Waals surface area (Å²) in [6, 6.07) is 4.11. The molecular weight excluding hydrogens is 394 g/mol. The van der Waals surface area contributed by atoms with Gasteiger partial charge in [-0.1, -0.05) is 19.1 Å². The first kappa shape index (κ1) is 21.7. The van der Waals surface area contributed by atoms with Crippen LogP contribution in [0, 0.1) is 5.92 Å². The monoisotopic (exact) mass is 423 g/mol. The predicted molar refractivity (Wildman–Crippen MR) is 109 cm³/mol. The maximum Gasteiger partial charge on any atom is 0.243 e. The zero-order chi connectivity index (χ0) is 21.0. The van der Waals surface area contributed by atoms with Gasteiger partial charge in [0.1, 0.15) is 11.6 Å². The molecule has 0 spiro atoms. The van der Waals surface area contributed by atoms with Crippen molar-refractivity contribution in [3.8, 4) is 0 Å². The molecule has 2 heterocycles. The largest absolute Gasteiger partial charge is 0.383 e. The first-order valence-electron chi connectivity index (χ1n) is 9.96. The highest BCUT2D eigenvalue weighted by Crippen LogP contribution is 2.28. The van der Waals surface area contributed by atoms with E-state index in [1.807, 2.05) is 0 Å². The molecular formula is C19H29N5O4S. The smallest absolute Gasteiger partial charge is 0.243 e. The van der Waals surface area contributed by atoms with E-state index in [4.69, 9.17) is 4.74 Å². The Labute approximate surface area is 171 Å². The standard InChI is InChI=1S/C19H29N5O4S/c1-14(2)8-9-20-19(25)18-5-4-10-24(18)29(26,27)15-6-7-17-16(13-15)21-22-23(17)11-12-28-3/h6-7,13-14,18H,4-5,8-12H2,1-3H3,(H,20,25). The summed E-state index contributed by atoms with van der Waals surface area (Å²) in [5.41, 5.74) is 1.24. The number of rotatable bonds is 9. The van der Waals surface area contributed by atoms with E-state index in [-0.39, 0.29) is 10.8 Å². The second-order valence-electron chi connectivity index (χ2n) is 7.70. The van der Waals surface area contributed by atoms with Crippen molar-refractivity contribution in [3.63, 3.8) is 0 Å². The third kappa shape index (κ3) is 4.76. The van der Waals surface area contributed by atoms with Crippen molar-refractivity contribution in [2.75, 3.05) is 26.8 Å². The van der Waals surface area contributed by atoms with E-state index in [1.165, 1.54) is 10.4 Å². The summed E-state index contributed by atoms with van der Waals surface area (Å²) in [5, 5.41) is 11.0. The van der Waals surface area contributed by atoms with Crippen LogP contribution in [-0.4, -0.2) is 66.5 Å². The number of nitrogens with one attached hydrogen (secondary N) is 1. The summed E-state index contributed by atoms with van der Waals surface area (Å²) in [7, 11) is -2.20. The molecule has 160 valence electrons. The number of amides is 1. The summed E-state index contributed by atoms with van der Waals surface area (Å²) < 4.78 is 34.5. The third-order valence-corrected chi connectivity index (χ3v) is 7.03. The van der Waals surface area contributed by atoms with E-state index >= 15 is 0 Å². The average molecular weight is 424 g/mol. The Balaban J connectivity index is 1.79. The van der Waals surface area contributed by atoms with Gasteiger partial charge in [-0.15, -0.1) is 5.10 Å². The van der Waals surface area contributed by atoms with Gasteiger partial charge < -0.3 is 10.1 Å². The Kier molecular flexibility index (Phi) is 6.86.